The van der Waals surface area contributed by atoms with Gasteiger partial charge in [-0.2, -0.15) is 5.10 Å². The molecule has 1 amide bonds. The molecule has 0 radical (unpaired) electrons. The van der Waals surface area contributed by atoms with Crippen molar-refractivity contribution in [2.45, 2.75) is 6.54 Å². The second-order valence-corrected chi connectivity index (χ2v) is 8.61. The monoisotopic (exact) mass is 451 g/mol. The molecule has 1 aliphatic rings. The summed E-state index contributed by atoms with van der Waals surface area (Å²) in [6, 6.07) is 20.7. The van der Waals surface area contributed by atoms with E-state index >= 15 is 0 Å². The van der Waals surface area contributed by atoms with Crippen molar-refractivity contribution in [2.24, 2.45) is 7.05 Å². The molecule has 0 saturated carbocycles. The number of fused-ring (bicyclic) bond motifs is 2. The molecule has 0 bridgehead atoms. The highest BCUT2D eigenvalue weighted by molar-refractivity contribution is 5.90. The van der Waals surface area contributed by atoms with Crippen molar-refractivity contribution in [3.05, 3.63) is 73.2 Å². The fourth-order valence-electron chi connectivity index (χ4n) is 4.83. The number of rotatable bonds is 4. The highest BCUT2D eigenvalue weighted by Crippen LogP contribution is 2.29. The van der Waals surface area contributed by atoms with Crippen molar-refractivity contribution in [3.63, 3.8) is 0 Å². The number of benzene rings is 2. The van der Waals surface area contributed by atoms with E-state index in [1.54, 1.807) is 11.0 Å². The van der Waals surface area contributed by atoms with Gasteiger partial charge in [0.25, 0.3) is 0 Å². The standard InChI is InChI=1S/C26H25N7O/c1-30-25-21(16-29-30)26(28-18-27-25)32-13-11-31(12-14-32)24(34)17-33-22-10-6-5-9-20(22)15-23(33)19-7-3-2-4-8-19/h2-10,15-16,18H,11-14,17H2,1H3. The molecule has 6 rings (SSSR count). The van der Waals surface area contributed by atoms with Crippen LogP contribution in [0.2, 0.25) is 0 Å². The zero-order valence-electron chi connectivity index (χ0n) is 19.0. The highest BCUT2D eigenvalue weighted by Gasteiger charge is 2.25. The van der Waals surface area contributed by atoms with E-state index in [4.69, 9.17) is 0 Å². The van der Waals surface area contributed by atoms with Gasteiger partial charge >= 0.3 is 0 Å². The molecule has 1 fully saturated rings. The van der Waals surface area contributed by atoms with Crippen molar-refractivity contribution >= 4 is 33.7 Å². The predicted octanol–water partition coefficient (Wildman–Crippen LogP) is 3.33. The molecular weight excluding hydrogens is 426 g/mol. The Hall–Kier alpha value is -4.20. The average Bonchev–Trinajstić information content (AvgIpc) is 3.45. The summed E-state index contributed by atoms with van der Waals surface area (Å²) in [6.45, 7) is 3.09. The van der Waals surface area contributed by atoms with Gasteiger partial charge in [-0.3, -0.25) is 9.48 Å². The second kappa shape index (κ2) is 8.30. The number of carbonyl (C=O) groups excluding carboxylic acids is 1. The van der Waals surface area contributed by atoms with Crippen molar-refractivity contribution in [3.8, 4) is 11.3 Å². The van der Waals surface area contributed by atoms with Crippen LogP contribution in [-0.2, 0) is 18.4 Å². The van der Waals surface area contributed by atoms with Gasteiger partial charge in [0.15, 0.2) is 5.65 Å². The van der Waals surface area contributed by atoms with E-state index in [1.165, 1.54) is 0 Å². The number of aryl methyl sites for hydroxylation is 1. The van der Waals surface area contributed by atoms with Gasteiger partial charge in [0.2, 0.25) is 5.91 Å². The third-order valence-corrected chi connectivity index (χ3v) is 6.61. The molecule has 2 aromatic carbocycles. The maximum atomic E-state index is 13.4. The second-order valence-electron chi connectivity index (χ2n) is 8.61. The smallest absolute Gasteiger partial charge is 0.242 e. The first-order valence-corrected chi connectivity index (χ1v) is 11.5. The molecule has 5 aromatic rings. The Bertz CT molecular complexity index is 1480. The van der Waals surface area contributed by atoms with Crippen LogP contribution < -0.4 is 4.90 Å². The fraction of sp³-hybridized carbons (Fsp3) is 0.231. The van der Waals surface area contributed by atoms with Crippen LogP contribution in [0.5, 0.6) is 0 Å². The molecule has 0 spiro atoms. The van der Waals surface area contributed by atoms with E-state index in [0.717, 1.165) is 52.1 Å². The number of anilines is 1. The van der Waals surface area contributed by atoms with Crippen LogP contribution in [0, 0.1) is 0 Å². The molecule has 0 aliphatic carbocycles. The number of piperazine rings is 1. The van der Waals surface area contributed by atoms with E-state index in [2.05, 4.69) is 54.9 Å². The first-order chi connectivity index (χ1) is 16.7. The van der Waals surface area contributed by atoms with E-state index in [0.29, 0.717) is 19.6 Å². The van der Waals surface area contributed by atoms with Crippen LogP contribution in [0.15, 0.2) is 73.2 Å². The van der Waals surface area contributed by atoms with E-state index in [-0.39, 0.29) is 5.91 Å². The van der Waals surface area contributed by atoms with Gasteiger partial charge in [-0.1, -0.05) is 48.5 Å². The first kappa shape index (κ1) is 20.4. The molecule has 1 saturated heterocycles. The Morgan fingerprint density at radius 3 is 2.53 bits per heavy atom. The van der Waals surface area contributed by atoms with Crippen molar-refractivity contribution in [1.82, 2.24) is 29.2 Å². The number of amides is 1. The Morgan fingerprint density at radius 2 is 1.71 bits per heavy atom. The van der Waals surface area contributed by atoms with Crippen LogP contribution in [0.1, 0.15) is 0 Å². The summed E-state index contributed by atoms with van der Waals surface area (Å²) < 4.78 is 3.90. The minimum atomic E-state index is 0.132. The summed E-state index contributed by atoms with van der Waals surface area (Å²) in [6.07, 6.45) is 3.39. The summed E-state index contributed by atoms with van der Waals surface area (Å²) in [5.74, 6) is 1.01. The zero-order valence-corrected chi connectivity index (χ0v) is 19.0. The minimum Gasteiger partial charge on any atom is -0.352 e. The van der Waals surface area contributed by atoms with Crippen LogP contribution >= 0.6 is 0 Å². The van der Waals surface area contributed by atoms with Crippen molar-refractivity contribution < 1.29 is 4.79 Å². The molecule has 34 heavy (non-hydrogen) atoms. The normalized spacial score (nSPS) is 14.3. The highest BCUT2D eigenvalue weighted by atomic mass is 16.2. The summed E-state index contributed by atoms with van der Waals surface area (Å²) in [4.78, 5) is 26.4. The Labute approximate surface area is 197 Å². The summed E-state index contributed by atoms with van der Waals surface area (Å²) >= 11 is 0. The van der Waals surface area contributed by atoms with Gasteiger partial charge in [0.1, 0.15) is 18.7 Å². The SMILES string of the molecule is Cn1ncc2c(N3CCN(C(=O)Cn4c(-c5ccccc5)cc5ccccc54)CC3)ncnc21. The minimum absolute atomic E-state index is 0.132. The lowest BCUT2D eigenvalue weighted by molar-refractivity contribution is -0.132. The van der Waals surface area contributed by atoms with Crippen LogP contribution in [-0.4, -0.2) is 61.3 Å². The maximum Gasteiger partial charge on any atom is 0.242 e. The topological polar surface area (TPSA) is 72.1 Å². The summed E-state index contributed by atoms with van der Waals surface area (Å²) in [5, 5.41) is 6.40. The number of hydrogen-bond donors (Lipinski definition) is 0. The van der Waals surface area contributed by atoms with Gasteiger partial charge in [0.05, 0.1) is 11.6 Å². The van der Waals surface area contributed by atoms with Crippen LogP contribution in [0.3, 0.4) is 0 Å². The predicted molar refractivity (Wildman–Crippen MR) is 132 cm³/mol. The van der Waals surface area contributed by atoms with Gasteiger partial charge in [0, 0.05) is 49.8 Å². The number of hydrogen-bond acceptors (Lipinski definition) is 5. The lowest BCUT2D eigenvalue weighted by atomic mass is 10.1. The lowest BCUT2D eigenvalue weighted by Gasteiger charge is -2.35. The lowest BCUT2D eigenvalue weighted by Crippen LogP contribution is -2.50. The van der Waals surface area contributed by atoms with E-state index < -0.39 is 0 Å². The molecule has 0 atom stereocenters. The largest absolute Gasteiger partial charge is 0.352 e. The molecule has 8 nitrogen and oxygen atoms in total. The first-order valence-electron chi connectivity index (χ1n) is 11.5. The Kier molecular flexibility index (Phi) is 4.98. The van der Waals surface area contributed by atoms with Gasteiger partial charge in [-0.05, 0) is 17.7 Å². The molecule has 4 heterocycles. The van der Waals surface area contributed by atoms with Gasteiger partial charge < -0.3 is 14.4 Å². The molecule has 1 aliphatic heterocycles. The Morgan fingerprint density at radius 1 is 0.941 bits per heavy atom. The summed E-state index contributed by atoms with van der Waals surface area (Å²) in [5.41, 5.74) is 4.07. The number of aromatic nitrogens is 5. The van der Waals surface area contributed by atoms with Gasteiger partial charge in [-0.15, -0.1) is 0 Å². The van der Waals surface area contributed by atoms with Crippen molar-refractivity contribution in [1.29, 1.82) is 0 Å². The third-order valence-electron chi connectivity index (χ3n) is 6.61. The molecular formula is C26H25N7O. The third kappa shape index (κ3) is 3.48. The molecule has 8 heteroatoms. The van der Waals surface area contributed by atoms with Gasteiger partial charge in [-0.25, -0.2) is 9.97 Å². The quantitative estimate of drug-likeness (QED) is 0.419. The molecule has 3 aromatic heterocycles. The van der Waals surface area contributed by atoms with Crippen LogP contribution in [0.4, 0.5) is 5.82 Å². The van der Waals surface area contributed by atoms with Crippen LogP contribution in [0.25, 0.3) is 33.2 Å². The zero-order chi connectivity index (χ0) is 23.1. The fourth-order valence-corrected chi connectivity index (χ4v) is 4.83. The maximum absolute atomic E-state index is 13.4. The summed E-state index contributed by atoms with van der Waals surface area (Å²) in [7, 11) is 1.88. The number of para-hydroxylation sites is 1. The van der Waals surface area contributed by atoms with E-state index in [1.807, 2.05) is 48.5 Å². The van der Waals surface area contributed by atoms with E-state index in [9.17, 15) is 4.79 Å². The molecule has 0 unspecified atom stereocenters. The van der Waals surface area contributed by atoms with Crippen molar-refractivity contribution in [2.75, 3.05) is 31.1 Å². The molecule has 170 valence electrons. The average molecular weight is 452 g/mol. The molecule has 0 N–H and O–H groups in total. The Balaban J connectivity index is 1.22. The number of carbonyl (C=O) groups is 1. The number of nitrogens with zero attached hydrogens (tertiary/aromatic N) is 7.